The summed E-state index contributed by atoms with van der Waals surface area (Å²) in [5.74, 6) is -0.125. The minimum atomic E-state index is -2.94. The fraction of sp³-hybridized carbons (Fsp3) is 0.375. The van der Waals surface area contributed by atoms with E-state index in [-0.39, 0.29) is 17.4 Å². The summed E-state index contributed by atoms with van der Waals surface area (Å²) in [6, 6.07) is 12.4. The van der Waals surface area contributed by atoms with Crippen molar-refractivity contribution in [1.29, 1.82) is 0 Å². The first kappa shape index (κ1) is 23.7. The fourth-order valence-electron chi connectivity index (χ4n) is 3.46. The average molecular weight is 446 g/mol. The summed E-state index contributed by atoms with van der Waals surface area (Å²) < 4.78 is 34.9. The molecule has 2 aromatic carbocycles. The van der Waals surface area contributed by atoms with Crippen LogP contribution in [0.15, 0.2) is 48.5 Å². The Kier molecular flexibility index (Phi) is 8.58. The lowest BCUT2D eigenvalue weighted by Crippen LogP contribution is -2.43. The Hall–Kier alpha value is -2.97. The molecule has 1 fully saturated rings. The van der Waals surface area contributed by atoms with E-state index in [2.05, 4.69) is 33.0 Å². The van der Waals surface area contributed by atoms with Crippen molar-refractivity contribution in [3.8, 4) is 11.5 Å². The van der Waals surface area contributed by atoms with Gasteiger partial charge in [-0.25, -0.2) is 0 Å². The Morgan fingerprint density at radius 2 is 1.91 bits per heavy atom. The number of anilines is 1. The zero-order valence-corrected chi connectivity index (χ0v) is 18.4. The molecule has 32 heavy (non-hydrogen) atoms. The molecule has 1 aliphatic rings. The number of amides is 1. The average Bonchev–Trinajstić information content (AvgIpc) is 2.76. The summed E-state index contributed by atoms with van der Waals surface area (Å²) in [6.45, 7) is 4.14. The molecule has 172 valence electrons. The maximum Gasteiger partial charge on any atom is 0.387 e. The molecular weight excluding hydrogens is 416 g/mol. The number of carbonyl (C=O) groups is 1. The highest BCUT2D eigenvalue weighted by atomic mass is 19.3. The van der Waals surface area contributed by atoms with Gasteiger partial charge in [-0.05, 0) is 55.4 Å². The van der Waals surface area contributed by atoms with Crippen LogP contribution >= 0.6 is 0 Å². The second kappa shape index (κ2) is 11.6. The smallest absolute Gasteiger partial charge is 0.387 e. The number of halogens is 2. The quantitative estimate of drug-likeness (QED) is 0.590. The van der Waals surface area contributed by atoms with Gasteiger partial charge in [0.05, 0.1) is 6.61 Å². The zero-order chi connectivity index (χ0) is 22.9. The van der Waals surface area contributed by atoms with E-state index in [1.807, 2.05) is 18.2 Å². The molecule has 8 heteroatoms. The molecule has 0 aliphatic carbocycles. The lowest BCUT2D eigenvalue weighted by atomic mass is 10.1. The Balaban J connectivity index is 1.60. The number of carbonyl (C=O) groups excluding carboxylic acids is 1. The van der Waals surface area contributed by atoms with E-state index in [4.69, 9.17) is 4.74 Å². The molecule has 1 amide bonds. The molecule has 3 rings (SSSR count). The van der Waals surface area contributed by atoms with Gasteiger partial charge in [-0.2, -0.15) is 8.78 Å². The summed E-state index contributed by atoms with van der Waals surface area (Å²) in [6.07, 6.45) is 2.99. The lowest BCUT2D eigenvalue weighted by molar-refractivity contribution is -0.111. The van der Waals surface area contributed by atoms with Crippen molar-refractivity contribution < 1.29 is 23.0 Å². The van der Waals surface area contributed by atoms with E-state index < -0.39 is 6.61 Å². The van der Waals surface area contributed by atoms with Gasteiger partial charge in [-0.15, -0.1) is 0 Å². The van der Waals surface area contributed by atoms with Crippen LogP contribution in [0.4, 0.5) is 14.5 Å². The van der Waals surface area contributed by atoms with Crippen molar-refractivity contribution in [3.63, 3.8) is 0 Å². The predicted molar refractivity (Wildman–Crippen MR) is 121 cm³/mol. The molecule has 0 saturated carbocycles. The van der Waals surface area contributed by atoms with Crippen LogP contribution in [0.25, 0.3) is 6.08 Å². The van der Waals surface area contributed by atoms with Gasteiger partial charge < -0.3 is 19.7 Å². The van der Waals surface area contributed by atoms with E-state index in [9.17, 15) is 13.6 Å². The standard InChI is InChI=1S/C24H29F2N3O3/c1-3-31-22-16-18(7-9-21(22)32-24(25)26)8-10-23(30)27-20-6-4-5-19(15-20)17-29-13-11-28(2)12-14-29/h4-10,15-16,24H,3,11-14,17H2,1-2H3,(H,27,30). The summed E-state index contributed by atoms with van der Waals surface area (Å²) in [5, 5.41) is 2.87. The van der Waals surface area contributed by atoms with Crippen molar-refractivity contribution in [2.45, 2.75) is 20.1 Å². The van der Waals surface area contributed by atoms with Crippen molar-refractivity contribution in [2.75, 3.05) is 45.2 Å². The molecule has 2 aromatic rings. The van der Waals surface area contributed by atoms with Crippen molar-refractivity contribution in [3.05, 3.63) is 59.7 Å². The maximum absolute atomic E-state index is 12.5. The predicted octanol–water partition coefficient (Wildman–Crippen LogP) is 4.09. The van der Waals surface area contributed by atoms with Gasteiger partial charge in [0, 0.05) is 44.5 Å². The highest BCUT2D eigenvalue weighted by molar-refractivity contribution is 6.02. The fourth-order valence-corrected chi connectivity index (χ4v) is 3.46. The Labute approximate surface area is 187 Å². The molecule has 1 N–H and O–H groups in total. The first-order valence-corrected chi connectivity index (χ1v) is 10.6. The molecule has 0 spiro atoms. The molecule has 1 heterocycles. The van der Waals surface area contributed by atoms with Crippen LogP contribution in [0.5, 0.6) is 11.5 Å². The van der Waals surface area contributed by atoms with Gasteiger partial charge in [0.25, 0.3) is 0 Å². The van der Waals surface area contributed by atoms with Gasteiger partial charge in [-0.3, -0.25) is 9.69 Å². The van der Waals surface area contributed by atoms with Crippen molar-refractivity contribution in [1.82, 2.24) is 9.80 Å². The number of hydrogen-bond acceptors (Lipinski definition) is 5. The molecule has 0 unspecified atom stereocenters. The Morgan fingerprint density at radius 1 is 1.12 bits per heavy atom. The number of nitrogens with one attached hydrogen (secondary N) is 1. The molecule has 1 saturated heterocycles. The van der Waals surface area contributed by atoms with E-state index in [1.54, 1.807) is 25.1 Å². The van der Waals surface area contributed by atoms with Crippen LogP contribution in [0.2, 0.25) is 0 Å². The van der Waals surface area contributed by atoms with E-state index in [0.29, 0.717) is 12.2 Å². The number of benzene rings is 2. The van der Waals surface area contributed by atoms with Crippen LogP contribution in [0.1, 0.15) is 18.1 Å². The maximum atomic E-state index is 12.5. The van der Waals surface area contributed by atoms with E-state index in [0.717, 1.165) is 44.0 Å². The van der Waals surface area contributed by atoms with Gasteiger partial charge >= 0.3 is 6.61 Å². The van der Waals surface area contributed by atoms with Gasteiger partial charge in [0.2, 0.25) is 5.91 Å². The summed E-state index contributed by atoms with van der Waals surface area (Å²) >= 11 is 0. The second-order valence-corrected chi connectivity index (χ2v) is 7.62. The third kappa shape index (κ3) is 7.32. The Morgan fingerprint density at radius 3 is 2.62 bits per heavy atom. The number of nitrogens with zero attached hydrogens (tertiary/aromatic N) is 2. The highest BCUT2D eigenvalue weighted by Crippen LogP contribution is 2.30. The van der Waals surface area contributed by atoms with Gasteiger partial charge in [0.15, 0.2) is 11.5 Å². The van der Waals surface area contributed by atoms with Gasteiger partial charge in [-0.1, -0.05) is 18.2 Å². The number of alkyl halides is 2. The minimum Gasteiger partial charge on any atom is -0.490 e. The number of likely N-dealkylation sites (N-methyl/N-ethyl adjacent to an activating group) is 1. The molecule has 0 bridgehead atoms. The first-order chi connectivity index (χ1) is 15.4. The number of rotatable bonds is 9. The van der Waals surface area contributed by atoms with Crippen LogP contribution in [0, 0.1) is 0 Å². The van der Waals surface area contributed by atoms with Gasteiger partial charge in [0.1, 0.15) is 0 Å². The van der Waals surface area contributed by atoms with Crippen LogP contribution < -0.4 is 14.8 Å². The largest absolute Gasteiger partial charge is 0.490 e. The SMILES string of the molecule is CCOc1cc(C=CC(=O)Nc2cccc(CN3CCN(C)CC3)c2)ccc1OC(F)F. The van der Waals surface area contributed by atoms with Crippen LogP contribution in [-0.2, 0) is 11.3 Å². The highest BCUT2D eigenvalue weighted by Gasteiger charge is 2.14. The number of hydrogen-bond donors (Lipinski definition) is 1. The summed E-state index contributed by atoms with van der Waals surface area (Å²) in [4.78, 5) is 17.1. The van der Waals surface area contributed by atoms with Crippen molar-refractivity contribution in [2.24, 2.45) is 0 Å². The minimum absolute atomic E-state index is 0.0411. The molecule has 6 nitrogen and oxygen atoms in total. The molecule has 1 aliphatic heterocycles. The number of piperazine rings is 1. The summed E-state index contributed by atoms with van der Waals surface area (Å²) in [5.41, 5.74) is 2.50. The topological polar surface area (TPSA) is 54.0 Å². The molecule has 0 radical (unpaired) electrons. The van der Waals surface area contributed by atoms with Crippen LogP contribution in [-0.4, -0.2) is 62.2 Å². The summed E-state index contributed by atoms with van der Waals surface area (Å²) in [7, 11) is 2.13. The van der Waals surface area contributed by atoms with E-state index >= 15 is 0 Å². The second-order valence-electron chi connectivity index (χ2n) is 7.62. The first-order valence-electron chi connectivity index (χ1n) is 10.6. The van der Waals surface area contributed by atoms with Crippen LogP contribution in [0.3, 0.4) is 0 Å². The third-order valence-corrected chi connectivity index (χ3v) is 5.11. The number of ether oxygens (including phenoxy) is 2. The monoisotopic (exact) mass is 445 g/mol. The molecular formula is C24H29F2N3O3. The Bertz CT molecular complexity index is 928. The zero-order valence-electron chi connectivity index (χ0n) is 18.4. The lowest BCUT2D eigenvalue weighted by Gasteiger charge is -2.32. The normalized spacial score (nSPS) is 15.3. The third-order valence-electron chi connectivity index (χ3n) is 5.11. The van der Waals surface area contributed by atoms with E-state index in [1.165, 1.54) is 12.1 Å². The molecule has 0 aromatic heterocycles. The van der Waals surface area contributed by atoms with Crippen molar-refractivity contribution >= 4 is 17.7 Å². The molecule has 0 atom stereocenters.